The highest BCUT2D eigenvalue weighted by molar-refractivity contribution is 5.81. The summed E-state index contributed by atoms with van der Waals surface area (Å²) in [4.78, 5) is 17.0. The summed E-state index contributed by atoms with van der Waals surface area (Å²) in [6, 6.07) is 0.501. The van der Waals surface area contributed by atoms with Crippen LogP contribution in [0.4, 0.5) is 0 Å². The lowest BCUT2D eigenvalue weighted by molar-refractivity contribution is -0.142. The summed E-state index contributed by atoms with van der Waals surface area (Å²) in [7, 11) is 0. The average molecular weight is 283 g/mol. The normalized spacial score (nSPS) is 26.5. The minimum absolute atomic E-state index is 0.00273. The predicted molar refractivity (Wildman–Crippen MR) is 79.7 cm³/mol. The second-order valence-electron chi connectivity index (χ2n) is 5.81. The van der Waals surface area contributed by atoms with E-state index in [2.05, 4.69) is 24.1 Å². The Kier molecular flexibility index (Phi) is 6.26. The number of amides is 1. The molecule has 0 saturated carbocycles. The predicted octanol–water partition coefficient (Wildman–Crippen LogP) is 0.698. The molecular weight excluding hydrogens is 254 g/mol. The molecule has 2 saturated heterocycles. The number of nitrogens with zero attached hydrogens (tertiary/aromatic N) is 2. The quantitative estimate of drug-likeness (QED) is 0.807. The van der Waals surface area contributed by atoms with Crippen molar-refractivity contribution in [1.82, 2.24) is 15.1 Å². The van der Waals surface area contributed by atoms with E-state index >= 15 is 0 Å². The standard InChI is InChI=1S/C15H29N3O2/c1-3-16-12-14-6-4-5-7-18(14)13(2)15(19)17-8-10-20-11-9-17/h13-14,16H,3-12H2,1-2H3. The summed E-state index contributed by atoms with van der Waals surface area (Å²) in [5.74, 6) is 0.275. The van der Waals surface area contributed by atoms with Crippen molar-refractivity contribution in [1.29, 1.82) is 0 Å². The molecule has 2 atom stereocenters. The molecule has 116 valence electrons. The number of piperidine rings is 1. The first kappa shape index (κ1) is 15.7. The largest absolute Gasteiger partial charge is 0.378 e. The van der Waals surface area contributed by atoms with Crippen molar-refractivity contribution in [2.45, 2.75) is 45.2 Å². The number of morpholine rings is 1. The topological polar surface area (TPSA) is 44.8 Å². The molecule has 1 N–H and O–H groups in total. The van der Waals surface area contributed by atoms with Gasteiger partial charge in [-0.05, 0) is 32.9 Å². The van der Waals surface area contributed by atoms with E-state index < -0.39 is 0 Å². The SMILES string of the molecule is CCNCC1CCCCN1C(C)C(=O)N1CCOCC1. The molecule has 2 unspecified atom stereocenters. The number of likely N-dealkylation sites (tertiary alicyclic amines) is 1. The third kappa shape index (κ3) is 3.93. The molecule has 0 aromatic rings. The number of ether oxygens (including phenoxy) is 1. The van der Waals surface area contributed by atoms with E-state index in [1.165, 1.54) is 19.3 Å². The lowest BCUT2D eigenvalue weighted by atomic mass is 9.99. The van der Waals surface area contributed by atoms with Crippen LogP contribution >= 0.6 is 0 Å². The molecule has 0 aromatic heterocycles. The Balaban J connectivity index is 1.93. The van der Waals surface area contributed by atoms with Crippen molar-refractivity contribution >= 4 is 5.91 Å². The zero-order valence-electron chi connectivity index (χ0n) is 12.9. The summed E-state index contributed by atoms with van der Waals surface area (Å²) >= 11 is 0. The molecule has 0 aromatic carbocycles. The van der Waals surface area contributed by atoms with Crippen molar-refractivity contribution in [2.75, 3.05) is 45.9 Å². The number of carbonyl (C=O) groups is 1. The lowest BCUT2D eigenvalue weighted by Crippen LogP contribution is -2.56. The van der Waals surface area contributed by atoms with Gasteiger partial charge in [-0.15, -0.1) is 0 Å². The maximum absolute atomic E-state index is 12.6. The number of rotatable bonds is 5. The van der Waals surface area contributed by atoms with Gasteiger partial charge >= 0.3 is 0 Å². The maximum Gasteiger partial charge on any atom is 0.239 e. The van der Waals surface area contributed by atoms with Crippen molar-refractivity contribution in [3.63, 3.8) is 0 Å². The third-order valence-electron chi connectivity index (χ3n) is 4.48. The van der Waals surface area contributed by atoms with Gasteiger partial charge in [-0.2, -0.15) is 0 Å². The van der Waals surface area contributed by atoms with Crippen LogP contribution in [0.1, 0.15) is 33.1 Å². The van der Waals surface area contributed by atoms with E-state index in [9.17, 15) is 4.79 Å². The molecular formula is C15H29N3O2. The van der Waals surface area contributed by atoms with Crippen LogP contribution in [-0.4, -0.2) is 73.7 Å². The Hall–Kier alpha value is -0.650. The first-order chi connectivity index (χ1) is 9.74. The molecule has 1 amide bonds. The number of hydrogen-bond donors (Lipinski definition) is 1. The molecule has 2 aliphatic heterocycles. The van der Waals surface area contributed by atoms with E-state index in [0.29, 0.717) is 19.3 Å². The molecule has 0 spiro atoms. The van der Waals surface area contributed by atoms with Crippen LogP contribution in [-0.2, 0) is 9.53 Å². The number of carbonyl (C=O) groups excluding carboxylic acids is 1. The maximum atomic E-state index is 12.6. The van der Waals surface area contributed by atoms with E-state index in [1.807, 2.05) is 4.90 Å². The van der Waals surface area contributed by atoms with Gasteiger partial charge in [0, 0.05) is 25.7 Å². The van der Waals surface area contributed by atoms with E-state index in [1.54, 1.807) is 0 Å². The number of nitrogens with one attached hydrogen (secondary N) is 1. The first-order valence-corrected chi connectivity index (χ1v) is 8.07. The van der Waals surface area contributed by atoms with Crippen LogP contribution in [0.25, 0.3) is 0 Å². The number of likely N-dealkylation sites (N-methyl/N-ethyl adjacent to an activating group) is 1. The van der Waals surface area contributed by atoms with Gasteiger partial charge in [-0.25, -0.2) is 0 Å². The summed E-state index contributed by atoms with van der Waals surface area (Å²) < 4.78 is 5.33. The molecule has 5 heteroatoms. The van der Waals surface area contributed by atoms with Crippen molar-refractivity contribution in [3.05, 3.63) is 0 Å². The van der Waals surface area contributed by atoms with Gasteiger partial charge in [0.2, 0.25) is 5.91 Å². The molecule has 2 fully saturated rings. The zero-order chi connectivity index (χ0) is 14.4. The second-order valence-corrected chi connectivity index (χ2v) is 5.81. The summed E-state index contributed by atoms with van der Waals surface area (Å²) in [6.07, 6.45) is 3.70. The molecule has 20 heavy (non-hydrogen) atoms. The zero-order valence-corrected chi connectivity index (χ0v) is 12.9. The second kappa shape index (κ2) is 7.96. The van der Waals surface area contributed by atoms with Gasteiger partial charge < -0.3 is 15.0 Å². The van der Waals surface area contributed by atoms with Crippen LogP contribution in [0.3, 0.4) is 0 Å². The summed E-state index contributed by atoms with van der Waals surface area (Å²) in [5.41, 5.74) is 0. The fraction of sp³-hybridized carbons (Fsp3) is 0.933. The lowest BCUT2D eigenvalue weighted by Gasteiger charge is -2.41. The molecule has 0 bridgehead atoms. The Morgan fingerprint density at radius 1 is 1.30 bits per heavy atom. The minimum atomic E-state index is -0.00273. The van der Waals surface area contributed by atoms with Gasteiger partial charge in [0.1, 0.15) is 0 Å². The van der Waals surface area contributed by atoms with Crippen molar-refractivity contribution < 1.29 is 9.53 Å². The highest BCUT2D eigenvalue weighted by atomic mass is 16.5. The van der Waals surface area contributed by atoms with Crippen LogP contribution in [0, 0.1) is 0 Å². The highest BCUT2D eigenvalue weighted by Gasteiger charge is 2.32. The molecule has 0 radical (unpaired) electrons. The third-order valence-corrected chi connectivity index (χ3v) is 4.48. The fourth-order valence-electron chi connectivity index (χ4n) is 3.25. The Bertz CT molecular complexity index is 305. The average Bonchev–Trinajstić information content (AvgIpc) is 2.52. The molecule has 2 heterocycles. The van der Waals surface area contributed by atoms with Crippen LogP contribution in [0.2, 0.25) is 0 Å². The molecule has 0 aliphatic carbocycles. The van der Waals surface area contributed by atoms with Gasteiger partial charge in [0.05, 0.1) is 19.3 Å². The van der Waals surface area contributed by atoms with Gasteiger partial charge in [-0.1, -0.05) is 13.3 Å². The fourth-order valence-corrected chi connectivity index (χ4v) is 3.25. The Morgan fingerprint density at radius 3 is 2.75 bits per heavy atom. The van der Waals surface area contributed by atoms with Gasteiger partial charge in [-0.3, -0.25) is 9.69 Å². The van der Waals surface area contributed by atoms with Gasteiger partial charge in [0.25, 0.3) is 0 Å². The molecule has 2 aliphatic rings. The highest BCUT2D eigenvalue weighted by Crippen LogP contribution is 2.20. The Labute approximate surface area is 122 Å². The van der Waals surface area contributed by atoms with Crippen LogP contribution in [0.5, 0.6) is 0 Å². The van der Waals surface area contributed by atoms with Gasteiger partial charge in [0.15, 0.2) is 0 Å². The van der Waals surface area contributed by atoms with Crippen molar-refractivity contribution in [2.24, 2.45) is 0 Å². The first-order valence-electron chi connectivity index (χ1n) is 8.07. The smallest absolute Gasteiger partial charge is 0.239 e. The Morgan fingerprint density at radius 2 is 2.05 bits per heavy atom. The number of hydrogen-bond acceptors (Lipinski definition) is 4. The monoisotopic (exact) mass is 283 g/mol. The van der Waals surface area contributed by atoms with E-state index in [-0.39, 0.29) is 11.9 Å². The minimum Gasteiger partial charge on any atom is -0.378 e. The van der Waals surface area contributed by atoms with E-state index in [0.717, 1.165) is 32.7 Å². The molecule has 2 rings (SSSR count). The summed E-state index contributed by atoms with van der Waals surface area (Å²) in [5, 5.41) is 3.43. The van der Waals surface area contributed by atoms with Crippen LogP contribution < -0.4 is 5.32 Å². The van der Waals surface area contributed by atoms with E-state index in [4.69, 9.17) is 4.74 Å². The van der Waals surface area contributed by atoms with Crippen molar-refractivity contribution in [3.8, 4) is 0 Å². The molecule has 5 nitrogen and oxygen atoms in total. The summed E-state index contributed by atoms with van der Waals surface area (Å²) in [6.45, 7) is 10.1. The van der Waals surface area contributed by atoms with Crippen LogP contribution in [0.15, 0.2) is 0 Å².